The first-order valence-electron chi connectivity index (χ1n) is 12.0. The molecule has 13 heteroatoms. The lowest BCUT2D eigenvalue weighted by molar-refractivity contribution is -0.116. The summed E-state index contributed by atoms with van der Waals surface area (Å²) in [5.41, 5.74) is 3.54. The summed E-state index contributed by atoms with van der Waals surface area (Å²) in [6, 6.07) is 10.6. The molecule has 1 aromatic carbocycles. The van der Waals surface area contributed by atoms with Crippen LogP contribution in [0.2, 0.25) is 0 Å². The molecule has 0 amide bonds. The number of likely N-dealkylation sites (tertiary alicyclic amines) is 1. The molecule has 1 N–H and O–H groups in total. The van der Waals surface area contributed by atoms with E-state index in [2.05, 4.69) is 10.6 Å². The fourth-order valence-electron chi connectivity index (χ4n) is 4.56. The number of carbonyl (C=O) groups excluding carboxylic acids is 1. The van der Waals surface area contributed by atoms with Gasteiger partial charge in [-0.05, 0) is 30.5 Å². The maximum absolute atomic E-state index is 13.4. The highest BCUT2D eigenvalue weighted by molar-refractivity contribution is 8.02. The minimum absolute atomic E-state index is 0.134. The van der Waals surface area contributed by atoms with Crippen molar-refractivity contribution in [3.63, 3.8) is 0 Å². The summed E-state index contributed by atoms with van der Waals surface area (Å²) < 4.78 is 53.8. The molecule has 0 saturated carbocycles. The van der Waals surface area contributed by atoms with Gasteiger partial charge in [-0.2, -0.15) is 5.10 Å². The number of hydroxylamine groups is 1. The van der Waals surface area contributed by atoms with Crippen molar-refractivity contribution in [1.82, 2.24) is 25.1 Å². The molecule has 2 atom stereocenters. The van der Waals surface area contributed by atoms with Gasteiger partial charge in [0, 0.05) is 30.1 Å². The first-order valence-corrected chi connectivity index (χ1v) is 13.9. The maximum Gasteiger partial charge on any atom is 0.282 e. The van der Waals surface area contributed by atoms with E-state index in [1.54, 1.807) is 28.0 Å². The third-order valence-corrected chi connectivity index (χ3v) is 8.54. The molecular formula is C25H25F4N5O2S2. The fourth-order valence-corrected chi connectivity index (χ4v) is 6.43. The van der Waals surface area contributed by atoms with Crippen LogP contribution in [0.1, 0.15) is 71.5 Å². The number of halogens is 4. The van der Waals surface area contributed by atoms with E-state index in [-0.39, 0.29) is 12.0 Å². The normalized spacial score (nSPS) is 19.6. The summed E-state index contributed by atoms with van der Waals surface area (Å²) in [5, 5.41) is 7.56. The Morgan fingerprint density at radius 1 is 1.16 bits per heavy atom. The summed E-state index contributed by atoms with van der Waals surface area (Å²) >= 11 is 3.18. The zero-order chi connectivity index (χ0) is 26.6. The molecule has 3 aromatic rings. The van der Waals surface area contributed by atoms with Gasteiger partial charge in [0.05, 0.1) is 15.7 Å². The third kappa shape index (κ3) is 5.95. The number of rotatable bonds is 10. The summed E-state index contributed by atoms with van der Waals surface area (Å²) in [7, 11) is 0. The van der Waals surface area contributed by atoms with Gasteiger partial charge in [-0.15, -0.1) is 23.1 Å². The van der Waals surface area contributed by atoms with Crippen LogP contribution in [0.4, 0.5) is 17.6 Å². The molecule has 1 saturated heterocycles. The van der Waals surface area contributed by atoms with E-state index in [0.717, 1.165) is 26.0 Å². The summed E-state index contributed by atoms with van der Waals surface area (Å²) in [5.74, 6) is 0.842. The predicted molar refractivity (Wildman–Crippen MR) is 136 cm³/mol. The molecule has 2 aromatic heterocycles. The van der Waals surface area contributed by atoms with E-state index in [1.165, 1.54) is 0 Å². The molecule has 0 aliphatic carbocycles. The van der Waals surface area contributed by atoms with Crippen LogP contribution in [-0.4, -0.2) is 39.0 Å². The molecule has 2 aliphatic rings. The lowest BCUT2D eigenvalue weighted by atomic mass is 9.97. The highest BCUT2D eigenvalue weighted by atomic mass is 32.2. The molecular weight excluding hydrogens is 542 g/mol. The van der Waals surface area contributed by atoms with Gasteiger partial charge in [-0.3, -0.25) is 20.0 Å². The SMILES string of the molecule is O=CC(N1CCC(c2nc(CSC3=CC(c4ccccc4)ON3)cs2)CC1)n1nc(C(F)F)cc1C(F)F. The van der Waals surface area contributed by atoms with Crippen molar-refractivity contribution in [3.8, 4) is 0 Å². The van der Waals surface area contributed by atoms with Crippen molar-refractivity contribution in [2.45, 2.75) is 49.6 Å². The number of piperidine rings is 1. The van der Waals surface area contributed by atoms with Crippen molar-refractivity contribution in [2.75, 3.05) is 13.1 Å². The Kier molecular flexibility index (Phi) is 8.46. The Balaban J connectivity index is 1.16. The molecule has 5 rings (SSSR count). The minimum atomic E-state index is -3.02. The number of thioether (sulfide) groups is 1. The first kappa shape index (κ1) is 26.9. The summed E-state index contributed by atoms with van der Waals surface area (Å²) in [6.07, 6.45) is -3.47. The Hall–Kier alpha value is -2.74. The molecule has 202 valence electrons. The van der Waals surface area contributed by atoms with Gasteiger partial charge in [-0.25, -0.2) is 27.2 Å². The van der Waals surface area contributed by atoms with Gasteiger partial charge in [0.15, 0.2) is 12.5 Å². The van der Waals surface area contributed by atoms with Crippen LogP contribution in [0, 0.1) is 0 Å². The first-order chi connectivity index (χ1) is 18.4. The lowest BCUT2D eigenvalue weighted by Crippen LogP contribution is -2.40. The highest BCUT2D eigenvalue weighted by Crippen LogP contribution is 2.35. The van der Waals surface area contributed by atoms with Crippen LogP contribution >= 0.6 is 23.1 Å². The Labute approximate surface area is 224 Å². The van der Waals surface area contributed by atoms with E-state index >= 15 is 0 Å². The van der Waals surface area contributed by atoms with Crippen LogP contribution in [0.5, 0.6) is 0 Å². The molecule has 0 bridgehead atoms. The molecule has 0 spiro atoms. The van der Waals surface area contributed by atoms with Crippen LogP contribution in [-0.2, 0) is 15.4 Å². The van der Waals surface area contributed by atoms with Gasteiger partial charge in [0.25, 0.3) is 12.9 Å². The Morgan fingerprint density at radius 3 is 2.61 bits per heavy atom. The minimum Gasteiger partial charge on any atom is -0.299 e. The van der Waals surface area contributed by atoms with Gasteiger partial charge in [0.1, 0.15) is 17.5 Å². The average Bonchev–Trinajstić information content (AvgIpc) is 3.69. The number of alkyl halides is 4. The zero-order valence-electron chi connectivity index (χ0n) is 20.1. The predicted octanol–water partition coefficient (Wildman–Crippen LogP) is 6.14. The summed E-state index contributed by atoms with van der Waals surface area (Å²) in [4.78, 5) is 24.0. The van der Waals surface area contributed by atoms with Gasteiger partial charge in [-0.1, -0.05) is 30.3 Å². The number of nitrogens with zero attached hydrogens (tertiary/aromatic N) is 4. The largest absolute Gasteiger partial charge is 0.299 e. The molecule has 2 aliphatic heterocycles. The quantitative estimate of drug-likeness (QED) is 0.233. The molecule has 2 unspecified atom stereocenters. The molecule has 4 heterocycles. The van der Waals surface area contributed by atoms with Crippen molar-refractivity contribution in [3.05, 3.63) is 80.5 Å². The van der Waals surface area contributed by atoms with E-state index in [9.17, 15) is 22.4 Å². The lowest BCUT2D eigenvalue weighted by Gasteiger charge is -2.35. The number of carbonyl (C=O) groups is 1. The number of thiazole rings is 1. The van der Waals surface area contributed by atoms with E-state index in [0.29, 0.717) is 44.0 Å². The number of aldehydes is 1. The fraction of sp³-hybridized carbons (Fsp3) is 0.400. The monoisotopic (exact) mass is 567 g/mol. The van der Waals surface area contributed by atoms with Crippen molar-refractivity contribution >= 4 is 29.4 Å². The molecule has 7 nitrogen and oxygen atoms in total. The standard InChI is InChI=1S/C25H25F4N5O2S2/c26-23(27)18-10-19(24(28)29)34(31-18)22(12-35)33-8-6-16(7-9-33)25-30-17(14-38-25)13-37-21-11-20(36-32-21)15-4-2-1-3-5-15/h1-5,10-12,14,16,20,22-24,32H,6-9,13H2. The molecule has 38 heavy (non-hydrogen) atoms. The zero-order valence-corrected chi connectivity index (χ0v) is 21.7. The number of nitrogens with one attached hydrogen (secondary N) is 1. The van der Waals surface area contributed by atoms with Gasteiger partial charge >= 0.3 is 0 Å². The van der Waals surface area contributed by atoms with Crippen LogP contribution < -0.4 is 5.48 Å². The van der Waals surface area contributed by atoms with E-state index in [1.807, 2.05) is 41.8 Å². The van der Waals surface area contributed by atoms with E-state index < -0.39 is 30.4 Å². The third-order valence-electron chi connectivity index (χ3n) is 6.52. The number of aromatic nitrogens is 3. The Bertz CT molecular complexity index is 1260. The van der Waals surface area contributed by atoms with Crippen molar-refractivity contribution < 1.29 is 27.2 Å². The van der Waals surface area contributed by atoms with Gasteiger partial charge < -0.3 is 0 Å². The van der Waals surface area contributed by atoms with Crippen LogP contribution in [0.15, 0.2) is 52.9 Å². The topological polar surface area (TPSA) is 72.3 Å². The smallest absolute Gasteiger partial charge is 0.282 e. The van der Waals surface area contributed by atoms with Gasteiger partial charge in [0.2, 0.25) is 0 Å². The second kappa shape index (κ2) is 12.0. The van der Waals surface area contributed by atoms with Crippen LogP contribution in [0.3, 0.4) is 0 Å². The second-order valence-electron chi connectivity index (χ2n) is 8.95. The van der Waals surface area contributed by atoms with Crippen LogP contribution in [0.25, 0.3) is 0 Å². The van der Waals surface area contributed by atoms with Crippen molar-refractivity contribution in [1.29, 1.82) is 0 Å². The number of hydrogen-bond donors (Lipinski definition) is 1. The maximum atomic E-state index is 13.4. The number of benzene rings is 1. The number of hydrogen-bond acceptors (Lipinski definition) is 8. The highest BCUT2D eigenvalue weighted by Gasteiger charge is 2.32. The average molecular weight is 568 g/mol. The molecule has 1 fully saturated rings. The Morgan fingerprint density at radius 2 is 1.92 bits per heavy atom. The second-order valence-corrected chi connectivity index (χ2v) is 10.9. The molecule has 0 radical (unpaired) electrons. The summed E-state index contributed by atoms with van der Waals surface area (Å²) in [6.45, 7) is 0.860. The van der Waals surface area contributed by atoms with Crippen molar-refractivity contribution in [2.24, 2.45) is 0 Å². The van der Waals surface area contributed by atoms with E-state index in [4.69, 9.17) is 9.82 Å².